The van der Waals surface area contributed by atoms with Gasteiger partial charge < -0.3 is 10.4 Å². The maximum Gasteiger partial charge on any atom is 0.329 e. The van der Waals surface area contributed by atoms with Gasteiger partial charge in [0.25, 0.3) is 5.91 Å². The molecule has 1 fully saturated rings. The lowest BCUT2D eigenvalue weighted by atomic mass is 9.76. The van der Waals surface area contributed by atoms with Gasteiger partial charge in [0.1, 0.15) is 5.54 Å². The molecule has 2 unspecified atom stereocenters. The quantitative estimate of drug-likeness (QED) is 0.900. The first-order valence-corrected chi connectivity index (χ1v) is 7.78. The van der Waals surface area contributed by atoms with E-state index >= 15 is 0 Å². The fraction of sp³-hybridized carbons (Fsp3) is 0.600. The van der Waals surface area contributed by atoms with E-state index in [2.05, 4.69) is 5.32 Å². The van der Waals surface area contributed by atoms with Crippen LogP contribution in [0.25, 0.3) is 0 Å². The van der Waals surface area contributed by atoms with Crippen molar-refractivity contribution in [3.63, 3.8) is 0 Å². The van der Waals surface area contributed by atoms with Crippen molar-refractivity contribution in [3.8, 4) is 0 Å². The Morgan fingerprint density at radius 3 is 2.65 bits per heavy atom. The molecule has 1 aromatic rings. The van der Waals surface area contributed by atoms with Gasteiger partial charge in [0.05, 0.1) is 5.56 Å². The molecule has 1 aliphatic carbocycles. The summed E-state index contributed by atoms with van der Waals surface area (Å²) < 4.78 is 0. The largest absolute Gasteiger partial charge is 0.480 e. The maximum atomic E-state index is 12.4. The summed E-state index contributed by atoms with van der Waals surface area (Å²) in [5, 5.41) is 12.4. The zero-order chi connectivity index (χ0) is 14.9. The van der Waals surface area contributed by atoms with E-state index < -0.39 is 11.5 Å². The van der Waals surface area contributed by atoms with Gasteiger partial charge in [-0.25, -0.2) is 4.79 Å². The Hall–Kier alpha value is -1.36. The second-order valence-electron chi connectivity index (χ2n) is 5.87. The Morgan fingerprint density at radius 2 is 2.15 bits per heavy atom. The second-order valence-corrected chi connectivity index (χ2v) is 7.33. The molecule has 0 saturated heterocycles. The zero-order valence-electron chi connectivity index (χ0n) is 12.2. The lowest BCUT2D eigenvalue weighted by molar-refractivity contribution is -0.146. The monoisotopic (exact) mass is 295 g/mol. The highest BCUT2D eigenvalue weighted by Crippen LogP contribution is 2.33. The minimum atomic E-state index is -1.10. The molecule has 1 amide bonds. The summed E-state index contributed by atoms with van der Waals surface area (Å²) in [6.07, 6.45) is 2.90. The van der Waals surface area contributed by atoms with Crippen LogP contribution in [-0.4, -0.2) is 22.5 Å². The van der Waals surface area contributed by atoms with Crippen molar-refractivity contribution in [2.75, 3.05) is 0 Å². The minimum absolute atomic E-state index is 0.261. The second kappa shape index (κ2) is 5.56. The fourth-order valence-corrected chi connectivity index (χ4v) is 3.97. The molecular weight excluding hydrogens is 274 g/mol. The molecule has 1 saturated carbocycles. The first-order valence-electron chi connectivity index (χ1n) is 6.97. The number of aryl methyl sites for hydroxylation is 2. The van der Waals surface area contributed by atoms with Crippen molar-refractivity contribution < 1.29 is 14.7 Å². The smallest absolute Gasteiger partial charge is 0.329 e. The Bertz CT molecular complexity index is 537. The Kier molecular flexibility index (Phi) is 4.18. The van der Waals surface area contributed by atoms with Gasteiger partial charge in [-0.2, -0.15) is 0 Å². The predicted octanol–water partition coefficient (Wildman–Crippen LogP) is 3.13. The van der Waals surface area contributed by atoms with Crippen LogP contribution in [0, 0.1) is 19.8 Å². The van der Waals surface area contributed by atoms with Crippen LogP contribution in [0.15, 0.2) is 6.07 Å². The molecule has 4 nitrogen and oxygen atoms in total. The van der Waals surface area contributed by atoms with E-state index in [1.807, 2.05) is 26.8 Å². The predicted molar refractivity (Wildman–Crippen MR) is 79.3 cm³/mol. The third-order valence-corrected chi connectivity index (χ3v) is 5.01. The van der Waals surface area contributed by atoms with Crippen LogP contribution in [0.2, 0.25) is 0 Å². The van der Waals surface area contributed by atoms with Gasteiger partial charge in [-0.1, -0.05) is 19.8 Å². The third-order valence-electron chi connectivity index (χ3n) is 4.05. The van der Waals surface area contributed by atoms with E-state index in [9.17, 15) is 14.7 Å². The van der Waals surface area contributed by atoms with Crippen LogP contribution in [0.4, 0.5) is 0 Å². The SMILES string of the molecule is Cc1cc(C(=O)NC2(C(=O)O)CCCC(C)C2)c(C)s1. The van der Waals surface area contributed by atoms with Crippen molar-refractivity contribution >= 4 is 23.2 Å². The summed E-state index contributed by atoms with van der Waals surface area (Å²) in [5.74, 6) is -0.851. The first kappa shape index (κ1) is 15.0. The molecule has 0 aliphatic heterocycles. The van der Waals surface area contributed by atoms with Gasteiger partial charge in [-0.05, 0) is 38.7 Å². The minimum Gasteiger partial charge on any atom is -0.480 e. The van der Waals surface area contributed by atoms with Crippen molar-refractivity contribution in [2.24, 2.45) is 5.92 Å². The molecule has 2 rings (SSSR count). The Morgan fingerprint density at radius 1 is 1.45 bits per heavy atom. The first-order chi connectivity index (χ1) is 9.34. The highest BCUT2D eigenvalue weighted by molar-refractivity contribution is 7.12. The highest BCUT2D eigenvalue weighted by Gasteiger charge is 2.43. The molecular formula is C15H21NO3S. The number of carboxylic acid groups (broad SMARTS) is 1. The van der Waals surface area contributed by atoms with Crippen LogP contribution in [0.1, 0.15) is 52.7 Å². The Labute approximate surface area is 123 Å². The van der Waals surface area contributed by atoms with E-state index in [-0.39, 0.29) is 5.91 Å². The molecule has 0 aromatic carbocycles. The summed E-state index contributed by atoms with van der Waals surface area (Å²) in [5.41, 5.74) is -0.497. The van der Waals surface area contributed by atoms with Crippen molar-refractivity contribution in [1.29, 1.82) is 0 Å². The third kappa shape index (κ3) is 2.87. The van der Waals surface area contributed by atoms with Gasteiger partial charge >= 0.3 is 5.97 Å². The maximum absolute atomic E-state index is 12.4. The molecule has 1 heterocycles. The number of hydrogen-bond donors (Lipinski definition) is 2. The fourth-order valence-electron chi connectivity index (χ4n) is 3.05. The van der Waals surface area contributed by atoms with Gasteiger partial charge in [-0.15, -0.1) is 11.3 Å². The summed E-state index contributed by atoms with van der Waals surface area (Å²) >= 11 is 1.56. The number of amides is 1. The number of carbonyl (C=O) groups is 2. The van der Waals surface area contributed by atoms with Crippen molar-refractivity contribution in [1.82, 2.24) is 5.32 Å². The molecule has 0 spiro atoms. The molecule has 2 atom stereocenters. The van der Waals surface area contributed by atoms with E-state index in [0.29, 0.717) is 24.3 Å². The van der Waals surface area contributed by atoms with E-state index in [0.717, 1.165) is 22.6 Å². The van der Waals surface area contributed by atoms with Crippen LogP contribution in [-0.2, 0) is 4.79 Å². The van der Waals surface area contributed by atoms with Gasteiger partial charge in [0.2, 0.25) is 0 Å². The number of thiophene rings is 1. The highest BCUT2D eigenvalue weighted by atomic mass is 32.1. The summed E-state index contributed by atoms with van der Waals surface area (Å²) in [6.45, 7) is 5.89. The van der Waals surface area contributed by atoms with Gasteiger partial charge in [0.15, 0.2) is 0 Å². The average molecular weight is 295 g/mol. The number of rotatable bonds is 3. The molecule has 0 bridgehead atoms. The van der Waals surface area contributed by atoms with E-state index in [4.69, 9.17) is 0 Å². The van der Waals surface area contributed by atoms with Crippen LogP contribution in [0.5, 0.6) is 0 Å². The number of hydrogen-bond acceptors (Lipinski definition) is 3. The molecule has 20 heavy (non-hydrogen) atoms. The van der Waals surface area contributed by atoms with E-state index in [1.165, 1.54) is 0 Å². The summed E-state index contributed by atoms with van der Waals surface area (Å²) in [6, 6.07) is 1.83. The topological polar surface area (TPSA) is 66.4 Å². The number of aliphatic carboxylic acids is 1. The van der Waals surface area contributed by atoms with Crippen LogP contribution in [0.3, 0.4) is 0 Å². The van der Waals surface area contributed by atoms with E-state index in [1.54, 1.807) is 11.3 Å². The Balaban J connectivity index is 2.22. The zero-order valence-corrected chi connectivity index (χ0v) is 13.0. The van der Waals surface area contributed by atoms with Gasteiger partial charge in [0, 0.05) is 9.75 Å². The molecule has 5 heteroatoms. The van der Waals surface area contributed by atoms with Crippen molar-refractivity contribution in [2.45, 2.75) is 52.0 Å². The number of carboxylic acids is 1. The summed E-state index contributed by atoms with van der Waals surface area (Å²) in [4.78, 5) is 26.1. The standard InChI is InChI=1S/C15H21NO3S/c1-9-5-4-6-15(8-9,14(18)19)16-13(17)12-7-10(2)20-11(12)3/h7,9H,4-6,8H2,1-3H3,(H,16,17)(H,18,19). The van der Waals surface area contributed by atoms with Crippen molar-refractivity contribution in [3.05, 3.63) is 21.4 Å². The number of nitrogens with one attached hydrogen (secondary N) is 1. The molecule has 2 N–H and O–H groups in total. The molecule has 1 aliphatic rings. The normalized spacial score (nSPS) is 26.2. The van der Waals surface area contributed by atoms with Crippen LogP contribution < -0.4 is 5.32 Å². The summed E-state index contributed by atoms with van der Waals surface area (Å²) in [7, 11) is 0. The molecule has 1 aromatic heterocycles. The lowest BCUT2D eigenvalue weighted by Crippen LogP contribution is -2.56. The van der Waals surface area contributed by atoms with Gasteiger partial charge in [-0.3, -0.25) is 4.79 Å². The average Bonchev–Trinajstić information content (AvgIpc) is 2.68. The lowest BCUT2D eigenvalue weighted by Gasteiger charge is -2.37. The molecule has 0 radical (unpaired) electrons. The number of carbonyl (C=O) groups excluding carboxylic acids is 1. The van der Waals surface area contributed by atoms with Crippen LogP contribution >= 0.6 is 11.3 Å². The molecule has 110 valence electrons.